The van der Waals surface area contributed by atoms with Crippen molar-refractivity contribution >= 4 is 29.3 Å². The first kappa shape index (κ1) is 21.7. The molecule has 0 saturated carbocycles. The second kappa shape index (κ2) is 9.65. The summed E-state index contributed by atoms with van der Waals surface area (Å²) in [5.74, 6) is -2.23. The topological polar surface area (TPSA) is 152 Å². The van der Waals surface area contributed by atoms with Crippen LogP contribution in [0, 0.1) is 10.1 Å². The van der Waals surface area contributed by atoms with Gasteiger partial charge in [-0.05, 0) is 25.0 Å². The molecule has 162 valence electrons. The summed E-state index contributed by atoms with van der Waals surface area (Å²) in [5, 5.41) is 13.0. The lowest BCUT2D eigenvalue weighted by molar-refractivity contribution is -0.384. The zero-order valence-electron chi connectivity index (χ0n) is 16.5. The number of H-pyrrole nitrogens is 1. The number of ether oxygens (including phenoxy) is 1. The zero-order valence-corrected chi connectivity index (χ0v) is 16.5. The number of hydrogen-bond donors (Lipinski definition) is 2. The number of benzene rings is 1. The van der Waals surface area contributed by atoms with Crippen LogP contribution in [0.3, 0.4) is 0 Å². The molecular formula is C20H20N4O7. The monoisotopic (exact) mass is 428 g/mol. The molecule has 2 N–H and O–H groups in total. The van der Waals surface area contributed by atoms with Gasteiger partial charge in [-0.1, -0.05) is 6.07 Å². The predicted octanol–water partition coefficient (Wildman–Crippen LogP) is 1.31. The lowest BCUT2D eigenvalue weighted by atomic mass is 10.2. The number of likely N-dealkylation sites (tertiary alicyclic amines) is 1. The maximum atomic E-state index is 12.3. The van der Waals surface area contributed by atoms with E-state index in [1.165, 1.54) is 30.5 Å². The van der Waals surface area contributed by atoms with Crippen LogP contribution >= 0.6 is 0 Å². The van der Waals surface area contributed by atoms with Crippen molar-refractivity contribution in [2.45, 2.75) is 12.8 Å². The third-order valence-electron chi connectivity index (χ3n) is 4.71. The van der Waals surface area contributed by atoms with Crippen molar-refractivity contribution < 1.29 is 28.8 Å². The SMILES string of the molecule is O=C(CNC(=O)c1cccc([N+](=O)[O-])c1)OCC(=O)c1c[nH]c(C(=O)N2CCCC2)c1. The van der Waals surface area contributed by atoms with E-state index in [2.05, 4.69) is 10.3 Å². The Morgan fingerprint density at radius 3 is 2.58 bits per heavy atom. The van der Waals surface area contributed by atoms with Crippen LogP contribution in [0.25, 0.3) is 0 Å². The number of nitro groups is 1. The summed E-state index contributed by atoms with van der Waals surface area (Å²) in [7, 11) is 0. The van der Waals surface area contributed by atoms with E-state index in [1.54, 1.807) is 4.90 Å². The number of nitrogens with zero attached hydrogens (tertiary/aromatic N) is 2. The molecule has 1 aromatic heterocycles. The summed E-state index contributed by atoms with van der Waals surface area (Å²) in [6.07, 6.45) is 3.28. The number of hydrogen-bond acceptors (Lipinski definition) is 7. The fourth-order valence-corrected chi connectivity index (χ4v) is 3.06. The maximum Gasteiger partial charge on any atom is 0.325 e. The van der Waals surface area contributed by atoms with Crippen molar-refractivity contribution in [1.82, 2.24) is 15.2 Å². The second-order valence-corrected chi connectivity index (χ2v) is 6.88. The number of aromatic amines is 1. The van der Waals surface area contributed by atoms with Gasteiger partial charge in [-0.15, -0.1) is 0 Å². The average molecular weight is 428 g/mol. The number of aromatic nitrogens is 1. The third-order valence-corrected chi connectivity index (χ3v) is 4.71. The van der Waals surface area contributed by atoms with Crippen LogP contribution in [-0.2, 0) is 9.53 Å². The fourth-order valence-electron chi connectivity index (χ4n) is 3.06. The molecule has 0 bridgehead atoms. The lowest BCUT2D eigenvalue weighted by Crippen LogP contribution is -2.31. The van der Waals surface area contributed by atoms with Crippen LogP contribution in [0.2, 0.25) is 0 Å². The van der Waals surface area contributed by atoms with E-state index in [0.717, 1.165) is 18.9 Å². The number of amides is 2. The average Bonchev–Trinajstić information content (AvgIpc) is 3.48. The number of carbonyl (C=O) groups excluding carboxylic acids is 4. The highest BCUT2D eigenvalue weighted by Crippen LogP contribution is 2.14. The molecule has 0 radical (unpaired) electrons. The summed E-state index contributed by atoms with van der Waals surface area (Å²) in [6.45, 7) is 0.295. The van der Waals surface area contributed by atoms with Crippen LogP contribution in [-0.4, -0.2) is 64.6 Å². The molecule has 11 nitrogen and oxygen atoms in total. The maximum absolute atomic E-state index is 12.3. The second-order valence-electron chi connectivity index (χ2n) is 6.88. The number of Topliss-reactive ketones (excluding diaryl/α,β-unsaturated/α-hetero) is 1. The Balaban J connectivity index is 1.46. The van der Waals surface area contributed by atoms with Crippen molar-refractivity contribution in [3.8, 4) is 0 Å². The smallest absolute Gasteiger partial charge is 0.325 e. The molecule has 0 unspecified atom stereocenters. The summed E-state index contributed by atoms with van der Waals surface area (Å²) in [4.78, 5) is 62.9. The van der Waals surface area contributed by atoms with Crippen LogP contribution in [0.15, 0.2) is 36.5 Å². The van der Waals surface area contributed by atoms with Gasteiger partial charge in [0.2, 0.25) is 5.78 Å². The third kappa shape index (κ3) is 5.53. The Kier molecular flexibility index (Phi) is 6.75. The molecule has 0 atom stereocenters. The minimum Gasteiger partial charge on any atom is -0.456 e. The van der Waals surface area contributed by atoms with Gasteiger partial charge in [-0.3, -0.25) is 29.3 Å². The fraction of sp³-hybridized carbons (Fsp3) is 0.300. The number of carbonyl (C=O) groups is 4. The molecule has 0 spiro atoms. The van der Waals surface area contributed by atoms with Crippen LogP contribution in [0.5, 0.6) is 0 Å². The standard InChI is InChI=1S/C20H20N4O7/c25-17(14-9-16(21-10-14)20(28)23-6-1-2-7-23)12-31-18(26)11-22-19(27)13-4-3-5-15(8-13)24(29)30/h3-5,8-10,21H,1-2,6-7,11-12H2,(H,22,27). The number of nitrogens with one attached hydrogen (secondary N) is 2. The molecule has 0 aliphatic carbocycles. The van der Waals surface area contributed by atoms with E-state index in [-0.39, 0.29) is 22.7 Å². The van der Waals surface area contributed by atoms with Crippen molar-refractivity contribution in [3.63, 3.8) is 0 Å². The van der Waals surface area contributed by atoms with Gasteiger partial charge in [0.1, 0.15) is 12.2 Å². The molecule has 11 heteroatoms. The van der Waals surface area contributed by atoms with E-state index in [1.807, 2.05) is 0 Å². The first-order chi connectivity index (χ1) is 14.8. The molecule has 3 rings (SSSR count). The minimum atomic E-state index is -0.851. The molecule has 2 heterocycles. The van der Waals surface area contributed by atoms with Crippen LogP contribution < -0.4 is 5.32 Å². The molecule has 1 fully saturated rings. The molecule has 2 aromatic rings. The number of rotatable bonds is 8. The zero-order chi connectivity index (χ0) is 22.4. The Morgan fingerprint density at radius 1 is 1.13 bits per heavy atom. The normalized spacial score (nSPS) is 13.0. The Hall–Kier alpha value is -4.02. The number of ketones is 1. The first-order valence-electron chi connectivity index (χ1n) is 9.54. The minimum absolute atomic E-state index is 0.0144. The molecule has 2 amide bonds. The van der Waals surface area contributed by atoms with Gasteiger partial charge in [0.25, 0.3) is 17.5 Å². The van der Waals surface area contributed by atoms with Gasteiger partial charge >= 0.3 is 5.97 Å². The molecule has 1 aliphatic heterocycles. The number of non-ortho nitro benzene ring substituents is 1. The highest BCUT2D eigenvalue weighted by atomic mass is 16.6. The predicted molar refractivity (Wildman–Crippen MR) is 107 cm³/mol. The van der Waals surface area contributed by atoms with Gasteiger partial charge in [0.15, 0.2) is 6.61 Å². The Labute approximate surface area is 176 Å². The van der Waals surface area contributed by atoms with E-state index in [0.29, 0.717) is 18.8 Å². The van der Waals surface area contributed by atoms with Gasteiger partial charge < -0.3 is 19.9 Å². The van der Waals surface area contributed by atoms with Gasteiger partial charge in [-0.25, -0.2) is 0 Å². The van der Waals surface area contributed by atoms with E-state index >= 15 is 0 Å². The molecule has 1 aromatic carbocycles. The van der Waals surface area contributed by atoms with Crippen molar-refractivity contribution in [1.29, 1.82) is 0 Å². The number of esters is 1. The number of nitro benzene ring substituents is 1. The van der Waals surface area contributed by atoms with E-state index in [9.17, 15) is 29.3 Å². The van der Waals surface area contributed by atoms with Crippen LogP contribution in [0.1, 0.15) is 44.0 Å². The highest BCUT2D eigenvalue weighted by molar-refractivity contribution is 6.01. The van der Waals surface area contributed by atoms with E-state index < -0.39 is 35.7 Å². The largest absolute Gasteiger partial charge is 0.456 e. The molecular weight excluding hydrogens is 408 g/mol. The summed E-state index contributed by atoms with van der Waals surface area (Å²) < 4.78 is 4.86. The van der Waals surface area contributed by atoms with Gasteiger partial charge in [-0.2, -0.15) is 0 Å². The molecule has 1 aliphatic rings. The Morgan fingerprint density at radius 2 is 1.87 bits per heavy atom. The van der Waals surface area contributed by atoms with Crippen molar-refractivity contribution in [2.24, 2.45) is 0 Å². The summed E-state index contributed by atoms with van der Waals surface area (Å²) in [6, 6.07) is 6.45. The summed E-state index contributed by atoms with van der Waals surface area (Å²) >= 11 is 0. The van der Waals surface area contributed by atoms with Gasteiger partial charge in [0, 0.05) is 42.5 Å². The quantitative estimate of drug-likeness (QED) is 0.278. The summed E-state index contributed by atoms with van der Waals surface area (Å²) in [5.41, 5.74) is 0.257. The first-order valence-corrected chi connectivity index (χ1v) is 9.54. The van der Waals surface area contributed by atoms with Crippen molar-refractivity contribution in [2.75, 3.05) is 26.2 Å². The lowest BCUT2D eigenvalue weighted by Gasteiger charge is -2.13. The van der Waals surface area contributed by atoms with Crippen molar-refractivity contribution in [3.05, 3.63) is 63.5 Å². The van der Waals surface area contributed by atoms with Gasteiger partial charge in [0.05, 0.1) is 4.92 Å². The Bertz CT molecular complexity index is 1020. The van der Waals surface area contributed by atoms with Crippen LogP contribution in [0.4, 0.5) is 5.69 Å². The molecule has 1 saturated heterocycles. The van der Waals surface area contributed by atoms with E-state index in [4.69, 9.17) is 4.74 Å². The molecule has 31 heavy (non-hydrogen) atoms. The highest BCUT2D eigenvalue weighted by Gasteiger charge is 2.22.